The molecule has 1 heterocycles. The molecular formula is C18H30N2. The minimum atomic E-state index is 0.683. The van der Waals surface area contributed by atoms with E-state index in [1.54, 1.807) is 0 Å². The summed E-state index contributed by atoms with van der Waals surface area (Å²) in [5, 5.41) is 3.56. The molecule has 0 aliphatic heterocycles. The van der Waals surface area contributed by atoms with Gasteiger partial charge in [0.15, 0.2) is 0 Å². The Balaban J connectivity index is 2.16. The van der Waals surface area contributed by atoms with Crippen molar-refractivity contribution in [1.82, 2.24) is 10.3 Å². The Labute approximate surface area is 124 Å². The van der Waals surface area contributed by atoms with Gasteiger partial charge in [-0.25, -0.2) is 0 Å². The molecule has 3 atom stereocenters. The Bertz CT molecular complexity index is 414. The summed E-state index contributed by atoms with van der Waals surface area (Å²) in [5.41, 5.74) is 2.75. The van der Waals surface area contributed by atoms with Gasteiger partial charge in [-0.05, 0) is 74.1 Å². The standard InChI is InChI=1S/C18H30N2/c1-5-19-11-16-7-6-15(13(2)3)9-18(16)17-8-14(4)10-20-12-17/h8,10,12-13,15-16,18-19H,5-7,9,11H2,1-4H3. The number of aromatic nitrogens is 1. The molecule has 3 unspecified atom stereocenters. The first kappa shape index (κ1) is 15.5. The summed E-state index contributed by atoms with van der Waals surface area (Å²) in [4.78, 5) is 4.42. The Morgan fingerprint density at radius 3 is 2.75 bits per heavy atom. The summed E-state index contributed by atoms with van der Waals surface area (Å²) in [5.74, 6) is 3.13. The van der Waals surface area contributed by atoms with E-state index in [0.717, 1.165) is 30.8 Å². The second-order valence-corrected chi connectivity index (χ2v) is 6.79. The molecule has 0 radical (unpaired) electrons. The number of rotatable bonds is 5. The second kappa shape index (κ2) is 7.21. The van der Waals surface area contributed by atoms with E-state index in [-0.39, 0.29) is 0 Å². The van der Waals surface area contributed by atoms with Gasteiger partial charge in [-0.2, -0.15) is 0 Å². The SMILES string of the molecule is CCNCC1CCC(C(C)C)CC1c1cncc(C)c1. The average Bonchev–Trinajstić information content (AvgIpc) is 2.44. The van der Waals surface area contributed by atoms with Crippen LogP contribution in [0.2, 0.25) is 0 Å². The molecule has 2 rings (SSSR count). The maximum absolute atomic E-state index is 4.42. The van der Waals surface area contributed by atoms with E-state index in [1.807, 2.05) is 6.20 Å². The Hall–Kier alpha value is -0.890. The quantitative estimate of drug-likeness (QED) is 0.872. The first-order valence-electron chi connectivity index (χ1n) is 8.24. The van der Waals surface area contributed by atoms with Crippen molar-refractivity contribution in [3.05, 3.63) is 29.6 Å². The molecule has 1 aromatic rings. The van der Waals surface area contributed by atoms with E-state index in [1.165, 1.54) is 30.4 Å². The molecule has 0 saturated heterocycles. The van der Waals surface area contributed by atoms with Crippen LogP contribution in [0.5, 0.6) is 0 Å². The first-order valence-corrected chi connectivity index (χ1v) is 8.24. The summed E-state index contributed by atoms with van der Waals surface area (Å²) in [6, 6.07) is 2.35. The third-order valence-corrected chi connectivity index (χ3v) is 4.96. The van der Waals surface area contributed by atoms with E-state index in [2.05, 4.69) is 50.3 Å². The lowest BCUT2D eigenvalue weighted by molar-refractivity contribution is 0.191. The lowest BCUT2D eigenvalue weighted by atomic mass is 9.68. The number of nitrogens with one attached hydrogen (secondary N) is 1. The number of hydrogen-bond donors (Lipinski definition) is 1. The van der Waals surface area contributed by atoms with E-state index in [9.17, 15) is 0 Å². The molecule has 0 amide bonds. The highest BCUT2D eigenvalue weighted by Gasteiger charge is 2.32. The highest BCUT2D eigenvalue weighted by molar-refractivity contribution is 5.22. The zero-order valence-corrected chi connectivity index (χ0v) is 13.5. The smallest absolute Gasteiger partial charge is 0.0303 e. The van der Waals surface area contributed by atoms with E-state index in [0.29, 0.717) is 5.92 Å². The van der Waals surface area contributed by atoms with Crippen molar-refractivity contribution in [2.24, 2.45) is 17.8 Å². The average molecular weight is 274 g/mol. The lowest BCUT2D eigenvalue weighted by Gasteiger charge is -2.38. The predicted octanol–water partition coefficient (Wildman–Crippen LogP) is 4.16. The molecule has 1 N–H and O–H groups in total. The van der Waals surface area contributed by atoms with E-state index < -0.39 is 0 Å². The molecule has 0 spiro atoms. The van der Waals surface area contributed by atoms with Crippen LogP contribution in [0, 0.1) is 24.7 Å². The molecule has 0 aromatic carbocycles. The summed E-state index contributed by atoms with van der Waals surface area (Å²) < 4.78 is 0. The van der Waals surface area contributed by atoms with Crippen molar-refractivity contribution < 1.29 is 0 Å². The topological polar surface area (TPSA) is 24.9 Å². The largest absolute Gasteiger partial charge is 0.317 e. The fourth-order valence-corrected chi connectivity index (χ4v) is 3.63. The number of hydrogen-bond acceptors (Lipinski definition) is 2. The van der Waals surface area contributed by atoms with Gasteiger partial charge in [0.1, 0.15) is 0 Å². The van der Waals surface area contributed by atoms with Gasteiger partial charge >= 0.3 is 0 Å². The summed E-state index contributed by atoms with van der Waals surface area (Å²) in [6.07, 6.45) is 8.14. The van der Waals surface area contributed by atoms with Crippen molar-refractivity contribution in [2.45, 2.75) is 52.9 Å². The second-order valence-electron chi connectivity index (χ2n) is 6.79. The fraction of sp³-hybridized carbons (Fsp3) is 0.722. The van der Waals surface area contributed by atoms with Gasteiger partial charge in [-0.15, -0.1) is 0 Å². The third kappa shape index (κ3) is 3.82. The molecule has 2 nitrogen and oxygen atoms in total. The van der Waals surface area contributed by atoms with Crippen LogP contribution in [0.25, 0.3) is 0 Å². The van der Waals surface area contributed by atoms with Crippen LogP contribution in [-0.4, -0.2) is 18.1 Å². The Morgan fingerprint density at radius 1 is 1.30 bits per heavy atom. The van der Waals surface area contributed by atoms with Crippen molar-refractivity contribution >= 4 is 0 Å². The molecule has 112 valence electrons. The molecule has 1 aromatic heterocycles. The fourth-order valence-electron chi connectivity index (χ4n) is 3.63. The van der Waals surface area contributed by atoms with Crippen molar-refractivity contribution in [3.8, 4) is 0 Å². The van der Waals surface area contributed by atoms with Gasteiger partial charge < -0.3 is 5.32 Å². The molecule has 2 heteroatoms. The first-order chi connectivity index (χ1) is 9.61. The highest BCUT2D eigenvalue weighted by Crippen LogP contribution is 2.42. The molecule has 20 heavy (non-hydrogen) atoms. The van der Waals surface area contributed by atoms with Gasteiger partial charge in [-0.3, -0.25) is 4.98 Å². The van der Waals surface area contributed by atoms with E-state index >= 15 is 0 Å². The van der Waals surface area contributed by atoms with Crippen LogP contribution >= 0.6 is 0 Å². The molecule has 1 fully saturated rings. The number of pyridine rings is 1. The van der Waals surface area contributed by atoms with Gasteiger partial charge in [0.05, 0.1) is 0 Å². The maximum Gasteiger partial charge on any atom is 0.0303 e. The van der Waals surface area contributed by atoms with Crippen LogP contribution in [0.3, 0.4) is 0 Å². The molecule has 1 saturated carbocycles. The highest BCUT2D eigenvalue weighted by atomic mass is 14.8. The normalized spacial score (nSPS) is 26.9. The van der Waals surface area contributed by atoms with Crippen LogP contribution in [0.1, 0.15) is 57.1 Å². The van der Waals surface area contributed by atoms with Crippen LogP contribution in [0.4, 0.5) is 0 Å². The van der Waals surface area contributed by atoms with Crippen molar-refractivity contribution in [2.75, 3.05) is 13.1 Å². The molecular weight excluding hydrogens is 244 g/mol. The molecule has 1 aliphatic rings. The van der Waals surface area contributed by atoms with Crippen LogP contribution < -0.4 is 5.32 Å². The number of nitrogens with zero attached hydrogens (tertiary/aromatic N) is 1. The minimum absolute atomic E-state index is 0.683. The third-order valence-electron chi connectivity index (χ3n) is 4.96. The van der Waals surface area contributed by atoms with E-state index in [4.69, 9.17) is 0 Å². The van der Waals surface area contributed by atoms with Crippen LogP contribution in [0.15, 0.2) is 18.5 Å². The van der Waals surface area contributed by atoms with Gasteiger partial charge in [0, 0.05) is 12.4 Å². The van der Waals surface area contributed by atoms with Crippen LogP contribution in [-0.2, 0) is 0 Å². The molecule has 1 aliphatic carbocycles. The van der Waals surface area contributed by atoms with Crippen molar-refractivity contribution in [3.63, 3.8) is 0 Å². The van der Waals surface area contributed by atoms with Gasteiger partial charge in [-0.1, -0.05) is 26.8 Å². The maximum atomic E-state index is 4.42. The molecule has 0 bridgehead atoms. The lowest BCUT2D eigenvalue weighted by Crippen LogP contribution is -2.33. The monoisotopic (exact) mass is 274 g/mol. The summed E-state index contributed by atoms with van der Waals surface area (Å²) >= 11 is 0. The summed E-state index contributed by atoms with van der Waals surface area (Å²) in [7, 11) is 0. The summed E-state index contributed by atoms with van der Waals surface area (Å²) in [6.45, 7) is 11.3. The zero-order valence-electron chi connectivity index (χ0n) is 13.5. The predicted molar refractivity (Wildman–Crippen MR) is 85.9 cm³/mol. The minimum Gasteiger partial charge on any atom is -0.317 e. The van der Waals surface area contributed by atoms with Gasteiger partial charge in [0.2, 0.25) is 0 Å². The number of aryl methyl sites for hydroxylation is 1. The Kier molecular flexibility index (Phi) is 5.59. The zero-order chi connectivity index (χ0) is 14.5. The Morgan fingerprint density at radius 2 is 2.10 bits per heavy atom. The van der Waals surface area contributed by atoms with Crippen molar-refractivity contribution in [1.29, 1.82) is 0 Å². The van der Waals surface area contributed by atoms with Gasteiger partial charge in [0.25, 0.3) is 0 Å².